The Balaban J connectivity index is 1.49. The smallest absolute Gasteiger partial charge is 0.417 e. The van der Waals surface area contributed by atoms with E-state index >= 15 is 0 Å². The molecule has 5 rings (SSSR count). The molecule has 2 aliphatic rings. The van der Waals surface area contributed by atoms with E-state index in [0.29, 0.717) is 43.4 Å². The van der Waals surface area contributed by atoms with Gasteiger partial charge in [-0.2, -0.15) is 13.2 Å². The Hall–Kier alpha value is -2.33. The van der Waals surface area contributed by atoms with E-state index < -0.39 is 11.7 Å². The number of hydrogen-bond donors (Lipinski definition) is 0. The number of ether oxygens (including phenoxy) is 3. The van der Waals surface area contributed by atoms with E-state index in [1.807, 2.05) is 17.5 Å². The third-order valence-corrected chi connectivity index (χ3v) is 7.18. The van der Waals surface area contributed by atoms with Crippen LogP contribution >= 0.6 is 22.9 Å². The summed E-state index contributed by atoms with van der Waals surface area (Å²) in [5.74, 6) is 1.16. The topological polar surface area (TPSA) is 43.8 Å². The molecule has 0 aliphatic carbocycles. The predicted octanol–water partition coefficient (Wildman–Crippen LogP) is 6.43. The van der Waals surface area contributed by atoms with Crippen LogP contribution in [-0.2, 0) is 24.0 Å². The summed E-state index contributed by atoms with van der Waals surface area (Å²) >= 11 is 7.97. The first-order valence-corrected chi connectivity index (χ1v) is 12.6. The second kappa shape index (κ2) is 10.3. The van der Waals surface area contributed by atoms with Crippen LogP contribution in [0.5, 0.6) is 11.5 Å². The van der Waals surface area contributed by atoms with E-state index in [2.05, 4.69) is 16.0 Å². The lowest BCUT2D eigenvalue weighted by molar-refractivity contribution is -0.137. The molecule has 35 heavy (non-hydrogen) atoms. The van der Waals surface area contributed by atoms with Crippen molar-refractivity contribution in [1.29, 1.82) is 0 Å². The SMILES string of the molecule is FC(F)(F)c1cnc(-c2cc3c(c(OCC4CCCO4)c2)OCCN(Cc2cccs2)C3)c(Cl)c1. The molecule has 0 radical (unpaired) electrons. The zero-order valence-corrected chi connectivity index (χ0v) is 20.4. The van der Waals surface area contributed by atoms with Crippen LogP contribution in [0.3, 0.4) is 0 Å². The van der Waals surface area contributed by atoms with Gasteiger partial charge in [0.15, 0.2) is 11.5 Å². The van der Waals surface area contributed by atoms with Gasteiger partial charge in [-0.1, -0.05) is 17.7 Å². The molecule has 0 amide bonds. The maximum Gasteiger partial charge on any atom is 0.417 e. The van der Waals surface area contributed by atoms with Crippen molar-refractivity contribution in [2.45, 2.75) is 38.2 Å². The van der Waals surface area contributed by atoms with Gasteiger partial charge < -0.3 is 14.2 Å². The van der Waals surface area contributed by atoms with Gasteiger partial charge in [0.1, 0.15) is 13.2 Å². The summed E-state index contributed by atoms with van der Waals surface area (Å²) in [5, 5.41) is 1.97. The lowest BCUT2D eigenvalue weighted by atomic mass is 10.0. The Morgan fingerprint density at radius 3 is 2.83 bits per heavy atom. The van der Waals surface area contributed by atoms with Crippen LogP contribution in [-0.4, -0.2) is 42.4 Å². The second-order valence-corrected chi connectivity index (χ2v) is 10.0. The molecule has 2 aromatic heterocycles. The maximum absolute atomic E-state index is 13.1. The highest BCUT2D eigenvalue weighted by Crippen LogP contribution is 2.41. The van der Waals surface area contributed by atoms with Gasteiger partial charge in [0.05, 0.1) is 22.4 Å². The monoisotopic (exact) mass is 524 g/mol. The van der Waals surface area contributed by atoms with Gasteiger partial charge >= 0.3 is 6.18 Å². The summed E-state index contributed by atoms with van der Waals surface area (Å²) < 4.78 is 57.4. The van der Waals surface area contributed by atoms with E-state index in [-0.39, 0.29) is 16.8 Å². The van der Waals surface area contributed by atoms with E-state index in [1.165, 1.54) is 4.88 Å². The molecular weight excluding hydrogens is 501 g/mol. The Labute approximate surface area is 210 Å². The largest absolute Gasteiger partial charge is 0.488 e. The van der Waals surface area contributed by atoms with Gasteiger partial charge in [-0.15, -0.1) is 11.3 Å². The van der Waals surface area contributed by atoms with Crippen LogP contribution in [0.1, 0.15) is 28.8 Å². The molecule has 0 saturated carbocycles. The van der Waals surface area contributed by atoms with Crippen LogP contribution in [0, 0.1) is 0 Å². The molecule has 0 spiro atoms. The van der Waals surface area contributed by atoms with Crippen molar-refractivity contribution in [2.75, 3.05) is 26.4 Å². The number of aromatic nitrogens is 1. The highest BCUT2D eigenvalue weighted by Gasteiger charge is 2.32. The summed E-state index contributed by atoms with van der Waals surface area (Å²) in [7, 11) is 0. The second-order valence-electron chi connectivity index (χ2n) is 8.60. The number of pyridine rings is 1. The minimum absolute atomic E-state index is 0.00296. The van der Waals surface area contributed by atoms with E-state index in [4.69, 9.17) is 25.8 Å². The molecular formula is C25H24ClF3N2O3S. The predicted molar refractivity (Wildman–Crippen MR) is 128 cm³/mol. The van der Waals surface area contributed by atoms with Gasteiger partial charge in [0.2, 0.25) is 0 Å². The van der Waals surface area contributed by atoms with Gasteiger partial charge in [-0.05, 0) is 42.5 Å². The molecule has 186 valence electrons. The number of alkyl halides is 3. The summed E-state index contributed by atoms with van der Waals surface area (Å²) in [5.41, 5.74) is 0.822. The maximum atomic E-state index is 13.1. The molecule has 4 heterocycles. The summed E-state index contributed by atoms with van der Waals surface area (Å²) in [4.78, 5) is 7.57. The third kappa shape index (κ3) is 5.74. The Morgan fingerprint density at radius 1 is 1.23 bits per heavy atom. The minimum atomic E-state index is -4.52. The van der Waals surface area contributed by atoms with Gasteiger partial charge in [-0.25, -0.2) is 0 Å². The molecule has 1 atom stereocenters. The highest BCUT2D eigenvalue weighted by molar-refractivity contribution is 7.09. The number of halogens is 4. The number of hydrogen-bond acceptors (Lipinski definition) is 6. The van der Waals surface area contributed by atoms with Crippen LogP contribution in [0.25, 0.3) is 11.3 Å². The first kappa shape index (κ1) is 24.4. The number of thiophene rings is 1. The fraction of sp³-hybridized carbons (Fsp3) is 0.400. The van der Waals surface area contributed by atoms with Crippen molar-refractivity contribution < 1.29 is 27.4 Å². The van der Waals surface area contributed by atoms with Crippen molar-refractivity contribution in [3.8, 4) is 22.8 Å². The fourth-order valence-electron chi connectivity index (χ4n) is 4.30. The van der Waals surface area contributed by atoms with Crippen molar-refractivity contribution in [1.82, 2.24) is 9.88 Å². The molecule has 10 heteroatoms. The number of fused-ring (bicyclic) bond motifs is 1. The standard InChI is InChI=1S/C25H24ClF3N2O3S/c26-21-11-18(25(27,28)29)12-30-23(21)16-9-17-13-31(14-20-4-2-8-35-20)5-7-33-24(17)22(10-16)34-15-19-3-1-6-32-19/h2,4,8-12,19H,1,3,5-7,13-15H2. The summed E-state index contributed by atoms with van der Waals surface area (Å²) in [6.45, 7) is 3.67. The molecule has 3 aromatic rings. The zero-order valence-electron chi connectivity index (χ0n) is 18.8. The lowest BCUT2D eigenvalue weighted by Gasteiger charge is -2.20. The van der Waals surface area contributed by atoms with Crippen LogP contribution in [0.2, 0.25) is 5.02 Å². The van der Waals surface area contributed by atoms with Crippen LogP contribution in [0.4, 0.5) is 13.2 Å². The first-order chi connectivity index (χ1) is 16.9. The van der Waals surface area contributed by atoms with Gasteiger partial charge in [0.25, 0.3) is 0 Å². The van der Waals surface area contributed by atoms with Crippen LogP contribution < -0.4 is 9.47 Å². The molecule has 0 bridgehead atoms. The van der Waals surface area contributed by atoms with E-state index in [0.717, 1.165) is 43.8 Å². The Bertz CT molecular complexity index is 1170. The van der Waals surface area contributed by atoms with Gasteiger partial charge in [0, 0.05) is 48.4 Å². The number of benzene rings is 1. The van der Waals surface area contributed by atoms with Crippen LogP contribution in [0.15, 0.2) is 41.9 Å². The molecule has 0 N–H and O–H groups in total. The third-order valence-electron chi connectivity index (χ3n) is 6.03. The minimum Gasteiger partial charge on any atom is -0.488 e. The number of nitrogens with zero attached hydrogens (tertiary/aromatic N) is 2. The molecule has 1 fully saturated rings. The number of rotatable bonds is 6. The summed E-state index contributed by atoms with van der Waals surface area (Å²) in [6, 6.07) is 8.64. The van der Waals surface area contributed by atoms with E-state index in [9.17, 15) is 13.2 Å². The molecule has 1 aromatic carbocycles. The quantitative estimate of drug-likeness (QED) is 0.371. The first-order valence-electron chi connectivity index (χ1n) is 11.4. The van der Waals surface area contributed by atoms with E-state index in [1.54, 1.807) is 17.4 Å². The average molecular weight is 525 g/mol. The fourth-order valence-corrected chi connectivity index (χ4v) is 5.33. The van der Waals surface area contributed by atoms with Crippen molar-refractivity contribution >= 4 is 22.9 Å². The molecule has 1 unspecified atom stereocenters. The lowest BCUT2D eigenvalue weighted by Crippen LogP contribution is -2.24. The Morgan fingerprint density at radius 2 is 2.11 bits per heavy atom. The summed E-state index contributed by atoms with van der Waals surface area (Å²) in [6.07, 6.45) is -1.80. The van der Waals surface area contributed by atoms with Crippen molar-refractivity contribution in [2.24, 2.45) is 0 Å². The Kier molecular flexibility index (Phi) is 7.20. The highest BCUT2D eigenvalue weighted by atomic mass is 35.5. The normalized spacial score (nSPS) is 18.7. The van der Waals surface area contributed by atoms with Crippen molar-refractivity contribution in [3.63, 3.8) is 0 Å². The van der Waals surface area contributed by atoms with Crippen molar-refractivity contribution in [3.05, 3.63) is 62.9 Å². The molecule has 2 aliphatic heterocycles. The average Bonchev–Trinajstić information content (AvgIpc) is 3.48. The zero-order chi connectivity index (χ0) is 24.4. The molecule has 5 nitrogen and oxygen atoms in total. The van der Waals surface area contributed by atoms with Gasteiger partial charge in [-0.3, -0.25) is 9.88 Å². The molecule has 1 saturated heterocycles.